The lowest BCUT2D eigenvalue weighted by Gasteiger charge is -2.16. The van der Waals surface area contributed by atoms with Crippen molar-refractivity contribution in [3.63, 3.8) is 0 Å². The van der Waals surface area contributed by atoms with Crippen molar-refractivity contribution in [2.24, 2.45) is 0 Å². The van der Waals surface area contributed by atoms with Crippen molar-refractivity contribution in [1.82, 2.24) is 9.97 Å². The minimum absolute atomic E-state index is 0.196. The van der Waals surface area contributed by atoms with E-state index in [1.165, 1.54) is 0 Å². The number of hydrogen-bond donors (Lipinski definition) is 1. The molecular weight excluding hydrogens is 387 g/mol. The maximum Gasteiger partial charge on any atom is 0.387 e. The highest BCUT2D eigenvalue weighted by Gasteiger charge is 2.16. The number of hydrogen-bond acceptors (Lipinski definition) is 5. The maximum atomic E-state index is 12.8. The van der Waals surface area contributed by atoms with E-state index in [9.17, 15) is 8.78 Å². The third-order valence-corrected chi connectivity index (χ3v) is 6.25. The maximum absolute atomic E-state index is 12.8. The van der Waals surface area contributed by atoms with E-state index in [0.717, 1.165) is 32.3 Å². The van der Waals surface area contributed by atoms with Crippen molar-refractivity contribution in [3.8, 4) is 5.75 Å². The second-order valence-electron chi connectivity index (χ2n) is 6.13. The lowest BCUT2D eigenvalue weighted by atomic mass is 10.1. The van der Waals surface area contributed by atoms with Gasteiger partial charge in [-0.3, -0.25) is 4.98 Å². The smallest absolute Gasteiger partial charge is 0.387 e. The molecule has 0 aliphatic rings. The molecule has 138 valence electrons. The molecule has 0 saturated carbocycles. The third-order valence-electron chi connectivity index (χ3n) is 4.13. The Labute approximate surface area is 160 Å². The highest BCUT2D eigenvalue weighted by Crippen LogP contribution is 2.35. The first kappa shape index (κ1) is 18.0. The molecule has 4 nitrogen and oxygen atoms in total. The van der Waals surface area contributed by atoms with Crippen LogP contribution in [-0.2, 0) is 0 Å². The number of fused-ring (bicyclic) bond motifs is 2. The Morgan fingerprint density at radius 3 is 2.70 bits per heavy atom. The number of halogens is 2. The number of pyridine rings is 1. The van der Waals surface area contributed by atoms with Gasteiger partial charge in [-0.15, -0.1) is 11.3 Å². The SMILES string of the molecule is CP(C)c1cc2c(Nc3ccc4scnc4c3)ccnc2cc1OC(F)F. The van der Waals surface area contributed by atoms with Crippen molar-refractivity contribution < 1.29 is 13.5 Å². The summed E-state index contributed by atoms with van der Waals surface area (Å²) in [6, 6.07) is 11.4. The first-order valence-corrected chi connectivity index (χ1v) is 11.3. The number of aromatic nitrogens is 2. The molecule has 1 N–H and O–H groups in total. The zero-order valence-electron chi connectivity index (χ0n) is 14.6. The molecule has 0 aliphatic carbocycles. The first-order valence-electron chi connectivity index (χ1n) is 8.16. The van der Waals surface area contributed by atoms with E-state index in [1.807, 2.05) is 49.2 Å². The van der Waals surface area contributed by atoms with Crippen LogP contribution in [0.4, 0.5) is 20.2 Å². The molecule has 2 heterocycles. The van der Waals surface area contributed by atoms with Crippen LogP contribution in [-0.4, -0.2) is 29.9 Å². The van der Waals surface area contributed by atoms with Crippen molar-refractivity contribution in [2.45, 2.75) is 6.61 Å². The lowest BCUT2D eigenvalue weighted by Crippen LogP contribution is -2.12. The Kier molecular flexibility index (Phi) is 4.89. The third kappa shape index (κ3) is 3.70. The minimum atomic E-state index is -2.86. The van der Waals surface area contributed by atoms with E-state index < -0.39 is 14.5 Å². The Morgan fingerprint density at radius 2 is 1.93 bits per heavy atom. The molecular formula is C19H16F2N3OPS. The van der Waals surface area contributed by atoms with Crippen molar-refractivity contribution in [2.75, 3.05) is 18.6 Å². The Morgan fingerprint density at radius 1 is 1.07 bits per heavy atom. The van der Waals surface area contributed by atoms with Gasteiger partial charge in [0.05, 0.1) is 21.2 Å². The van der Waals surface area contributed by atoms with E-state index in [-0.39, 0.29) is 5.75 Å². The number of benzene rings is 2. The standard InChI is InChI=1S/C19H16F2N3OPS/c1-26(2)17-8-12-13(5-6-22-14(12)9-16(17)25-19(20)21)24-11-3-4-18-15(7-11)23-10-27-18/h3-10,19H,1-2H3,(H,22,24). The van der Waals surface area contributed by atoms with Gasteiger partial charge in [0, 0.05) is 34.3 Å². The van der Waals surface area contributed by atoms with Gasteiger partial charge in [-0.2, -0.15) is 8.78 Å². The average molecular weight is 403 g/mol. The van der Waals surface area contributed by atoms with E-state index in [2.05, 4.69) is 15.3 Å². The van der Waals surface area contributed by atoms with Crippen LogP contribution in [0.3, 0.4) is 0 Å². The Balaban J connectivity index is 1.79. The Bertz CT molecular complexity index is 1120. The second kappa shape index (κ2) is 7.33. The normalized spacial score (nSPS) is 11.6. The summed E-state index contributed by atoms with van der Waals surface area (Å²) >= 11 is 1.59. The number of ether oxygens (including phenoxy) is 1. The molecule has 0 fully saturated rings. The molecule has 0 unspecified atom stereocenters. The topological polar surface area (TPSA) is 47.0 Å². The summed E-state index contributed by atoms with van der Waals surface area (Å²) in [7, 11) is -0.631. The number of anilines is 2. The number of alkyl halides is 2. The number of nitrogens with one attached hydrogen (secondary N) is 1. The first-order chi connectivity index (χ1) is 13.0. The van der Waals surface area contributed by atoms with Crippen LogP contribution in [0, 0.1) is 0 Å². The van der Waals surface area contributed by atoms with Gasteiger partial charge in [0.1, 0.15) is 5.75 Å². The molecule has 4 aromatic rings. The summed E-state index contributed by atoms with van der Waals surface area (Å²) in [6.07, 6.45) is 1.65. The number of thiazole rings is 1. The van der Waals surface area contributed by atoms with Crippen LogP contribution < -0.4 is 15.4 Å². The zero-order valence-corrected chi connectivity index (χ0v) is 16.3. The summed E-state index contributed by atoms with van der Waals surface area (Å²) in [5, 5.41) is 5.04. The average Bonchev–Trinajstić information content (AvgIpc) is 3.08. The molecule has 2 aromatic heterocycles. The van der Waals surface area contributed by atoms with Crippen LogP contribution in [0.15, 0.2) is 48.1 Å². The zero-order chi connectivity index (χ0) is 19.0. The van der Waals surface area contributed by atoms with Crippen molar-refractivity contribution in [3.05, 3.63) is 48.1 Å². The van der Waals surface area contributed by atoms with E-state index >= 15 is 0 Å². The summed E-state index contributed by atoms with van der Waals surface area (Å²) in [5.41, 5.74) is 5.12. The van der Waals surface area contributed by atoms with Gasteiger partial charge in [-0.25, -0.2) is 4.98 Å². The number of rotatable bonds is 5. The molecule has 0 atom stereocenters. The molecule has 0 aliphatic heterocycles. The van der Waals surface area contributed by atoms with Gasteiger partial charge >= 0.3 is 6.61 Å². The van der Waals surface area contributed by atoms with Gasteiger partial charge in [0.15, 0.2) is 0 Å². The van der Waals surface area contributed by atoms with Crippen LogP contribution in [0.25, 0.3) is 21.1 Å². The molecule has 2 aromatic carbocycles. The van der Waals surface area contributed by atoms with Gasteiger partial charge in [-0.05, 0) is 43.7 Å². The predicted octanol–water partition coefficient (Wildman–Crippen LogP) is 5.56. The second-order valence-corrected chi connectivity index (χ2v) is 9.29. The summed E-state index contributed by atoms with van der Waals surface area (Å²) in [6.45, 7) is 1.16. The fourth-order valence-corrected chi connectivity index (χ4v) is 4.51. The quantitative estimate of drug-likeness (QED) is 0.444. The van der Waals surface area contributed by atoms with E-state index in [4.69, 9.17) is 4.74 Å². The molecule has 0 spiro atoms. The van der Waals surface area contributed by atoms with Crippen LogP contribution >= 0.6 is 19.3 Å². The molecule has 27 heavy (non-hydrogen) atoms. The summed E-state index contributed by atoms with van der Waals surface area (Å²) in [5.74, 6) is 0.196. The van der Waals surface area contributed by atoms with E-state index in [1.54, 1.807) is 23.6 Å². The molecule has 8 heteroatoms. The monoisotopic (exact) mass is 403 g/mol. The van der Waals surface area contributed by atoms with Gasteiger partial charge < -0.3 is 10.1 Å². The highest BCUT2D eigenvalue weighted by atomic mass is 32.1. The summed E-state index contributed by atoms with van der Waals surface area (Å²) < 4.78 is 31.4. The van der Waals surface area contributed by atoms with Gasteiger partial charge in [0.25, 0.3) is 0 Å². The van der Waals surface area contributed by atoms with E-state index in [0.29, 0.717) is 5.52 Å². The summed E-state index contributed by atoms with van der Waals surface area (Å²) in [4.78, 5) is 8.67. The van der Waals surface area contributed by atoms with Gasteiger partial charge in [-0.1, -0.05) is 7.92 Å². The molecule has 0 radical (unpaired) electrons. The van der Waals surface area contributed by atoms with Crippen molar-refractivity contribution in [1.29, 1.82) is 0 Å². The minimum Gasteiger partial charge on any atom is -0.434 e. The molecule has 4 rings (SSSR count). The molecule has 0 saturated heterocycles. The van der Waals surface area contributed by atoms with Crippen LogP contribution in [0.1, 0.15) is 0 Å². The fraction of sp³-hybridized carbons (Fsp3) is 0.158. The fourth-order valence-electron chi connectivity index (χ4n) is 2.90. The molecule has 0 bridgehead atoms. The highest BCUT2D eigenvalue weighted by molar-refractivity contribution is 7.64. The van der Waals surface area contributed by atoms with Crippen molar-refractivity contribution >= 4 is 57.1 Å². The predicted molar refractivity (Wildman–Crippen MR) is 110 cm³/mol. The van der Waals surface area contributed by atoms with Gasteiger partial charge in [0.2, 0.25) is 0 Å². The molecule has 0 amide bonds. The largest absolute Gasteiger partial charge is 0.434 e. The van der Waals surface area contributed by atoms with Crippen LogP contribution in [0.5, 0.6) is 5.75 Å². The Hall–Kier alpha value is -2.37. The lowest BCUT2D eigenvalue weighted by molar-refractivity contribution is -0.0490. The number of nitrogens with zero attached hydrogens (tertiary/aromatic N) is 2. The van der Waals surface area contributed by atoms with Crippen LogP contribution in [0.2, 0.25) is 0 Å².